The van der Waals surface area contributed by atoms with Gasteiger partial charge in [0.05, 0.1) is 11.2 Å². The molecule has 0 N–H and O–H groups in total. The van der Waals surface area contributed by atoms with Gasteiger partial charge in [0.2, 0.25) is 0 Å². The Kier molecular flexibility index (Phi) is 2.75. The van der Waals surface area contributed by atoms with Gasteiger partial charge in [-0.15, -0.1) is 0 Å². The van der Waals surface area contributed by atoms with Crippen molar-refractivity contribution >= 4 is 12.9 Å². The lowest BCUT2D eigenvalue weighted by Gasteiger charge is -2.32. The molecule has 0 bridgehead atoms. The zero-order chi connectivity index (χ0) is 12.0. The average molecular weight is 222 g/mol. The summed E-state index contributed by atoms with van der Waals surface area (Å²) in [6, 6.07) is 0. The topological polar surface area (TPSA) is 35.5 Å². The van der Waals surface area contributed by atoms with Crippen molar-refractivity contribution in [1.82, 2.24) is 0 Å². The van der Waals surface area contributed by atoms with E-state index in [1.807, 2.05) is 33.8 Å². The molecule has 1 unspecified atom stereocenters. The van der Waals surface area contributed by atoms with Gasteiger partial charge >= 0.3 is 7.12 Å². The first-order chi connectivity index (χ1) is 7.32. The molecule has 1 aliphatic carbocycles. The maximum absolute atomic E-state index is 11.1. The van der Waals surface area contributed by atoms with Gasteiger partial charge in [-0.3, -0.25) is 4.79 Å². The van der Waals surface area contributed by atoms with Gasteiger partial charge in [0.25, 0.3) is 0 Å². The molecule has 2 aliphatic rings. The van der Waals surface area contributed by atoms with Crippen molar-refractivity contribution in [2.75, 3.05) is 0 Å². The van der Waals surface area contributed by atoms with Gasteiger partial charge in [0.1, 0.15) is 0 Å². The summed E-state index contributed by atoms with van der Waals surface area (Å²) in [6.45, 7) is 8.19. The molecule has 0 aromatic heterocycles. The molecule has 0 radical (unpaired) electrons. The molecule has 0 amide bonds. The normalized spacial score (nSPS) is 32.1. The molecule has 16 heavy (non-hydrogen) atoms. The maximum atomic E-state index is 11.1. The summed E-state index contributed by atoms with van der Waals surface area (Å²) >= 11 is 0. The predicted molar refractivity (Wildman–Crippen MR) is 63.2 cm³/mol. The summed E-state index contributed by atoms with van der Waals surface area (Å²) in [5.41, 5.74) is -0.570. The van der Waals surface area contributed by atoms with Crippen molar-refractivity contribution in [2.45, 2.75) is 57.6 Å². The second kappa shape index (κ2) is 3.71. The van der Waals surface area contributed by atoms with E-state index in [0.717, 1.165) is 6.42 Å². The molecule has 0 saturated carbocycles. The molecule has 88 valence electrons. The second-order valence-corrected chi connectivity index (χ2v) is 5.65. The molecular weight excluding hydrogens is 203 g/mol. The summed E-state index contributed by atoms with van der Waals surface area (Å²) in [5.74, 6) is 0.409. The Balaban J connectivity index is 2.09. The molecule has 2 rings (SSSR count). The number of carbonyl (C=O) groups excluding carboxylic acids is 1. The van der Waals surface area contributed by atoms with Crippen LogP contribution in [0.5, 0.6) is 0 Å². The van der Waals surface area contributed by atoms with Crippen molar-refractivity contribution < 1.29 is 14.1 Å². The lowest BCUT2D eigenvalue weighted by Crippen LogP contribution is -2.41. The maximum Gasteiger partial charge on any atom is 0.465 e. The zero-order valence-corrected chi connectivity index (χ0v) is 10.4. The van der Waals surface area contributed by atoms with Crippen molar-refractivity contribution in [3.05, 3.63) is 12.2 Å². The van der Waals surface area contributed by atoms with Crippen LogP contribution >= 0.6 is 0 Å². The Morgan fingerprint density at radius 2 is 1.81 bits per heavy atom. The number of hydrogen-bond donors (Lipinski definition) is 0. The van der Waals surface area contributed by atoms with Gasteiger partial charge in [-0.2, -0.15) is 0 Å². The van der Waals surface area contributed by atoms with Gasteiger partial charge in [-0.05, 0) is 40.2 Å². The van der Waals surface area contributed by atoms with Gasteiger partial charge in [0, 0.05) is 12.2 Å². The third kappa shape index (κ3) is 1.96. The highest BCUT2D eigenvalue weighted by Gasteiger charge is 2.53. The van der Waals surface area contributed by atoms with E-state index in [2.05, 4.69) is 0 Å². The van der Waals surface area contributed by atoms with E-state index in [9.17, 15) is 4.79 Å². The van der Waals surface area contributed by atoms with Gasteiger partial charge in [0.15, 0.2) is 5.78 Å². The van der Waals surface area contributed by atoms with Crippen LogP contribution in [0.2, 0.25) is 5.82 Å². The van der Waals surface area contributed by atoms with E-state index < -0.39 is 0 Å². The van der Waals surface area contributed by atoms with Crippen LogP contribution in [0.1, 0.15) is 40.5 Å². The first-order valence-electron chi connectivity index (χ1n) is 5.88. The lowest BCUT2D eigenvalue weighted by atomic mass is 9.67. The van der Waals surface area contributed by atoms with E-state index in [0.29, 0.717) is 6.42 Å². The van der Waals surface area contributed by atoms with Crippen LogP contribution in [0.15, 0.2) is 12.2 Å². The van der Waals surface area contributed by atoms with Crippen LogP contribution in [-0.2, 0) is 14.1 Å². The van der Waals surface area contributed by atoms with Crippen LogP contribution in [0.3, 0.4) is 0 Å². The first kappa shape index (κ1) is 11.9. The van der Waals surface area contributed by atoms with E-state index in [4.69, 9.17) is 9.31 Å². The fourth-order valence-electron chi connectivity index (χ4n) is 2.01. The third-order valence-corrected chi connectivity index (χ3v) is 3.87. The largest absolute Gasteiger partial charge is 0.465 e. The molecule has 1 heterocycles. The molecule has 0 aromatic rings. The number of hydrogen-bond acceptors (Lipinski definition) is 3. The zero-order valence-electron chi connectivity index (χ0n) is 10.4. The minimum absolute atomic E-state index is 0.202. The summed E-state index contributed by atoms with van der Waals surface area (Å²) in [6.07, 6.45) is 5.00. The van der Waals surface area contributed by atoms with Gasteiger partial charge in [-0.25, -0.2) is 0 Å². The van der Waals surface area contributed by atoms with E-state index >= 15 is 0 Å². The highest BCUT2D eigenvalue weighted by molar-refractivity contribution is 6.48. The molecule has 4 heteroatoms. The summed E-state index contributed by atoms with van der Waals surface area (Å²) in [7, 11) is -0.214. The van der Waals surface area contributed by atoms with Crippen LogP contribution in [0.25, 0.3) is 0 Å². The van der Waals surface area contributed by atoms with Gasteiger partial charge in [-0.1, -0.05) is 6.08 Å². The minimum atomic E-state index is -0.285. The molecule has 1 atom stereocenters. The monoisotopic (exact) mass is 222 g/mol. The number of ketones is 1. The first-order valence-corrected chi connectivity index (χ1v) is 5.88. The molecule has 3 nitrogen and oxygen atoms in total. The second-order valence-electron chi connectivity index (χ2n) is 5.65. The van der Waals surface area contributed by atoms with E-state index in [1.165, 1.54) is 0 Å². The Hall–Kier alpha value is -0.605. The van der Waals surface area contributed by atoms with Crippen molar-refractivity contribution in [3.63, 3.8) is 0 Å². The van der Waals surface area contributed by atoms with Crippen molar-refractivity contribution in [3.8, 4) is 0 Å². The fourth-order valence-corrected chi connectivity index (χ4v) is 2.01. The van der Waals surface area contributed by atoms with Crippen LogP contribution in [0.4, 0.5) is 0 Å². The number of allylic oxidation sites excluding steroid dienone is 2. The Morgan fingerprint density at radius 3 is 2.25 bits per heavy atom. The van der Waals surface area contributed by atoms with E-state index in [-0.39, 0.29) is 29.9 Å². The van der Waals surface area contributed by atoms with Crippen LogP contribution in [0, 0.1) is 0 Å². The molecule has 0 spiro atoms. The highest BCUT2D eigenvalue weighted by Crippen LogP contribution is 2.41. The van der Waals surface area contributed by atoms with Crippen molar-refractivity contribution in [1.29, 1.82) is 0 Å². The molecule has 1 saturated heterocycles. The van der Waals surface area contributed by atoms with Gasteiger partial charge < -0.3 is 9.31 Å². The summed E-state index contributed by atoms with van der Waals surface area (Å²) in [4.78, 5) is 11.1. The lowest BCUT2D eigenvalue weighted by molar-refractivity contribution is -0.114. The average Bonchev–Trinajstić information content (AvgIpc) is 2.37. The SMILES string of the molecule is CC1(C)OB(C2C=CC(=O)CC2)OC1(C)C. The van der Waals surface area contributed by atoms with Crippen LogP contribution in [-0.4, -0.2) is 24.1 Å². The van der Waals surface area contributed by atoms with Crippen molar-refractivity contribution in [2.24, 2.45) is 0 Å². The van der Waals surface area contributed by atoms with Crippen LogP contribution < -0.4 is 0 Å². The summed E-state index contributed by atoms with van der Waals surface area (Å²) in [5, 5.41) is 0. The standard InChI is InChI=1S/C12H19BO3/c1-11(2)12(3,4)16-13(15-11)9-5-7-10(14)8-6-9/h5,7,9H,6,8H2,1-4H3. The molecule has 1 aliphatic heterocycles. The minimum Gasteiger partial charge on any atom is -0.403 e. The van der Waals surface area contributed by atoms with E-state index in [1.54, 1.807) is 6.08 Å². The summed E-state index contributed by atoms with van der Waals surface area (Å²) < 4.78 is 11.9. The predicted octanol–water partition coefficient (Wildman–Crippen LogP) is 2.37. The Bertz CT molecular complexity index is 317. The quantitative estimate of drug-likeness (QED) is 0.639. The Labute approximate surface area is 97.3 Å². The smallest absolute Gasteiger partial charge is 0.403 e. The molecule has 1 fully saturated rings. The number of rotatable bonds is 1. The highest BCUT2D eigenvalue weighted by atomic mass is 16.7. The number of carbonyl (C=O) groups is 1. The fraction of sp³-hybridized carbons (Fsp3) is 0.750. The molecular formula is C12H19BO3. The molecule has 0 aromatic carbocycles. The third-order valence-electron chi connectivity index (χ3n) is 3.87. The Morgan fingerprint density at radius 1 is 1.25 bits per heavy atom.